The highest BCUT2D eigenvalue weighted by Crippen LogP contribution is 2.36. The lowest BCUT2D eigenvalue weighted by Gasteiger charge is -2.18. The number of halogens is 6. The summed E-state index contributed by atoms with van der Waals surface area (Å²) in [7, 11) is 0. The zero-order valence-corrected chi connectivity index (χ0v) is 8.52. The third-order valence-electron chi connectivity index (χ3n) is 2.20. The first-order valence-corrected chi connectivity index (χ1v) is 4.46. The Kier molecular flexibility index (Phi) is 3.42. The minimum absolute atomic E-state index is 0.260. The van der Waals surface area contributed by atoms with Crippen LogP contribution in [0.1, 0.15) is 22.8 Å². The lowest BCUT2D eigenvalue weighted by molar-refractivity contribution is -0.207. The summed E-state index contributed by atoms with van der Waals surface area (Å²) in [6.07, 6.45) is -12.3. The fourth-order valence-electron chi connectivity index (χ4n) is 1.34. The van der Waals surface area contributed by atoms with Crippen LogP contribution in [0.2, 0.25) is 0 Å². The molecule has 0 saturated carbocycles. The van der Waals surface area contributed by atoms with Gasteiger partial charge in [-0.3, -0.25) is 0 Å². The van der Waals surface area contributed by atoms with Crippen molar-refractivity contribution in [2.75, 3.05) is 0 Å². The molecule has 17 heavy (non-hydrogen) atoms. The van der Waals surface area contributed by atoms with Crippen molar-refractivity contribution in [1.29, 1.82) is 0 Å². The average Bonchev–Trinajstić information content (AvgIpc) is 2.13. The molecule has 0 fully saturated rings. The Morgan fingerprint density at radius 2 is 1.59 bits per heavy atom. The summed E-state index contributed by atoms with van der Waals surface area (Å²) >= 11 is 0. The molecule has 0 aromatic heterocycles. The van der Waals surface area contributed by atoms with Gasteiger partial charge < -0.3 is 5.11 Å². The van der Waals surface area contributed by atoms with Crippen LogP contribution in [0.5, 0.6) is 0 Å². The van der Waals surface area contributed by atoms with Gasteiger partial charge in [-0.15, -0.1) is 0 Å². The van der Waals surface area contributed by atoms with Crippen molar-refractivity contribution in [1.82, 2.24) is 0 Å². The molecule has 0 bridgehead atoms. The Morgan fingerprint density at radius 3 is 1.94 bits per heavy atom. The summed E-state index contributed by atoms with van der Waals surface area (Å²) in [6, 6.07) is 1.72. The SMILES string of the molecule is Cc1cc(C(F)(F)F)ccc1[C@H](O)C(F)(F)F. The topological polar surface area (TPSA) is 20.2 Å². The van der Waals surface area contributed by atoms with Crippen LogP contribution in [0.15, 0.2) is 18.2 Å². The molecule has 0 spiro atoms. The lowest BCUT2D eigenvalue weighted by atomic mass is 10.00. The molecule has 1 nitrogen and oxygen atoms in total. The molecule has 1 atom stereocenters. The van der Waals surface area contributed by atoms with Gasteiger partial charge in [-0.25, -0.2) is 0 Å². The molecule has 0 amide bonds. The zero-order valence-electron chi connectivity index (χ0n) is 8.52. The van der Waals surface area contributed by atoms with Crippen molar-refractivity contribution < 1.29 is 31.4 Å². The second kappa shape index (κ2) is 4.21. The first kappa shape index (κ1) is 13.8. The third-order valence-corrected chi connectivity index (χ3v) is 2.20. The summed E-state index contributed by atoms with van der Waals surface area (Å²) in [5, 5.41) is 8.93. The summed E-state index contributed by atoms with van der Waals surface area (Å²) in [6.45, 7) is 1.08. The van der Waals surface area contributed by atoms with Gasteiger partial charge >= 0.3 is 12.4 Å². The van der Waals surface area contributed by atoms with E-state index >= 15 is 0 Å². The van der Waals surface area contributed by atoms with Crippen LogP contribution in [0, 0.1) is 6.92 Å². The molecule has 0 heterocycles. The summed E-state index contributed by atoms with van der Waals surface area (Å²) in [5.74, 6) is 0. The fraction of sp³-hybridized carbons (Fsp3) is 0.400. The van der Waals surface area contributed by atoms with Crippen LogP contribution >= 0.6 is 0 Å². The van der Waals surface area contributed by atoms with Gasteiger partial charge in [-0.2, -0.15) is 26.3 Å². The smallest absolute Gasteiger partial charge is 0.379 e. The zero-order chi connectivity index (χ0) is 13.4. The Labute approximate surface area is 92.7 Å². The lowest BCUT2D eigenvalue weighted by Crippen LogP contribution is -2.21. The molecule has 0 radical (unpaired) electrons. The van der Waals surface area contributed by atoms with Crippen LogP contribution in [0.25, 0.3) is 0 Å². The minimum atomic E-state index is -4.90. The summed E-state index contributed by atoms with van der Waals surface area (Å²) < 4.78 is 73.3. The molecule has 1 N–H and O–H groups in total. The van der Waals surface area contributed by atoms with Gasteiger partial charge in [0, 0.05) is 0 Å². The van der Waals surface area contributed by atoms with E-state index in [2.05, 4.69) is 0 Å². The van der Waals surface area contributed by atoms with Crippen LogP contribution in [-0.2, 0) is 6.18 Å². The van der Waals surface area contributed by atoms with Crippen molar-refractivity contribution in [3.8, 4) is 0 Å². The van der Waals surface area contributed by atoms with Gasteiger partial charge in [-0.1, -0.05) is 6.07 Å². The van der Waals surface area contributed by atoms with Crippen molar-refractivity contribution in [3.05, 3.63) is 34.9 Å². The van der Waals surface area contributed by atoms with E-state index in [0.29, 0.717) is 18.2 Å². The Bertz CT molecular complexity index is 406. The van der Waals surface area contributed by atoms with Gasteiger partial charge in [0.05, 0.1) is 5.56 Å². The van der Waals surface area contributed by atoms with E-state index in [9.17, 15) is 26.3 Å². The van der Waals surface area contributed by atoms with Crippen LogP contribution < -0.4 is 0 Å². The largest absolute Gasteiger partial charge is 0.418 e. The van der Waals surface area contributed by atoms with Crippen LogP contribution in [0.4, 0.5) is 26.3 Å². The number of aliphatic hydroxyl groups excluding tert-OH is 1. The van der Waals surface area contributed by atoms with Crippen molar-refractivity contribution >= 4 is 0 Å². The van der Waals surface area contributed by atoms with Gasteiger partial charge in [0.1, 0.15) is 0 Å². The molecule has 0 aliphatic heterocycles. The van der Waals surface area contributed by atoms with Crippen molar-refractivity contribution in [2.24, 2.45) is 0 Å². The molecule has 96 valence electrons. The van der Waals surface area contributed by atoms with Crippen molar-refractivity contribution in [2.45, 2.75) is 25.4 Å². The molecule has 0 aliphatic carbocycles. The number of aryl methyl sites for hydroxylation is 1. The standard InChI is InChI=1S/C10H8F6O/c1-5-4-6(9(11,12)13)2-3-7(5)8(17)10(14,15)16/h2-4,8,17H,1H3/t8-/m0/s1. The van der Waals surface area contributed by atoms with E-state index in [-0.39, 0.29) is 5.56 Å². The minimum Gasteiger partial charge on any atom is -0.379 e. The van der Waals surface area contributed by atoms with Crippen LogP contribution in [-0.4, -0.2) is 11.3 Å². The number of hydrogen-bond acceptors (Lipinski definition) is 1. The maximum absolute atomic E-state index is 12.2. The van der Waals surface area contributed by atoms with E-state index in [0.717, 1.165) is 6.92 Å². The fourth-order valence-corrected chi connectivity index (χ4v) is 1.34. The van der Waals surface area contributed by atoms with Gasteiger partial charge in [-0.05, 0) is 30.2 Å². The maximum Gasteiger partial charge on any atom is 0.418 e. The van der Waals surface area contributed by atoms with Gasteiger partial charge in [0.2, 0.25) is 0 Å². The predicted molar refractivity (Wildman–Crippen MR) is 47.2 cm³/mol. The summed E-state index contributed by atoms with van der Waals surface area (Å²) in [4.78, 5) is 0. The van der Waals surface area contributed by atoms with E-state index in [4.69, 9.17) is 5.11 Å². The number of rotatable bonds is 1. The van der Waals surface area contributed by atoms with Gasteiger partial charge in [0.15, 0.2) is 6.10 Å². The van der Waals surface area contributed by atoms with E-state index in [1.807, 2.05) is 0 Å². The third kappa shape index (κ3) is 3.12. The molecule has 1 aromatic rings. The first-order chi connectivity index (χ1) is 7.53. The Balaban J connectivity index is 3.15. The van der Waals surface area contributed by atoms with Crippen molar-refractivity contribution in [3.63, 3.8) is 0 Å². The average molecular weight is 258 g/mol. The van der Waals surface area contributed by atoms with Crippen LogP contribution in [0.3, 0.4) is 0 Å². The maximum atomic E-state index is 12.2. The molecule has 0 saturated heterocycles. The predicted octanol–water partition coefficient (Wildman–Crippen LogP) is 3.61. The van der Waals surface area contributed by atoms with E-state index < -0.39 is 29.6 Å². The van der Waals surface area contributed by atoms with E-state index in [1.54, 1.807) is 0 Å². The van der Waals surface area contributed by atoms with E-state index in [1.165, 1.54) is 0 Å². The number of alkyl halides is 6. The molecular formula is C10H8F6O. The Hall–Kier alpha value is -1.24. The number of aliphatic hydroxyl groups is 1. The number of hydrogen-bond donors (Lipinski definition) is 1. The highest BCUT2D eigenvalue weighted by atomic mass is 19.4. The number of benzene rings is 1. The highest BCUT2D eigenvalue weighted by molar-refractivity contribution is 5.34. The molecule has 0 aliphatic rings. The first-order valence-electron chi connectivity index (χ1n) is 4.46. The second-order valence-corrected chi connectivity index (χ2v) is 3.51. The second-order valence-electron chi connectivity index (χ2n) is 3.51. The highest BCUT2D eigenvalue weighted by Gasteiger charge is 2.40. The normalized spacial score (nSPS) is 14.8. The molecule has 1 aromatic carbocycles. The Morgan fingerprint density at radius 1 is 1.06 bits per heavy atom. The molecule has 1 rings (SSSR count). The molecule has 0 unspecified atom stereocenters. The monoisotopic (exact) mass is 258 g/mol. The van der Waals surface area contributed by atoms with Gasteiger partial charge in [0.25, 0.3) is 0 Å². The molecule has 7 heteroatoms. The molecular weight excluding hydrogens is 250 g/mol. The summed E-state index contributed by atoms with van der Waals surface area (Å²) in [5.41, 5.74) is -1.89. The quantitative estimate of drug-likeness (QED) is 0.763.